The van der Waals surface area contributed by atoms with Crippen LogP contribution in [-0.4, -0.2) is 44.0 Å². The van der Waals surface area contributed by atoms with E-state index in [0.29, 0.717) is 0 Å². The molecule has 9 nitrogen and oxygen atoms in total. The highest BCUT2D eigenvalue weighted by Gasteiger charge is 2.01. The molecule has 0 unspecified atom stereocenters. The van der Waals surface area contributed by atoms with Crippen molar-refractivity contribution in [3.05, 3.63) is 74.0 Å². The average Bonchev–Trinajstić information content (AvgIpc) is 3.75. The number of hydrogen-bond acceptors (Lipinski definition) is 6. The Morgan fingerprint density at radius 2 is 1.23 bits per heavy atom. The summed E-state index contributed by atoms with van der Waals surface area (Å²) in [5, 5.41) is 0. The van der Waals surface area contributed by atoms with E-state index in [0.717, 1.165) is 46.6 Å². The molecule has 0 bridgehead atoms. The Hall–Kier alpha value is -4.14. The van der Waals surface area contributed by atoms with Crippen LogP contribution < -0.4 is 0 Å². The van der Waals surface area contributed by atoms with E-state index in [2.05, 4.69) is 77.8 Å². The highest BCUT2D eigenvalue weighted by atomic mass is 15.1. The first-order valence-corrected chi connectivity index (χ1v) is 14.5. The quantitative estimate of drug-likeness (QED) is 0.213. The van der Waals surface area contributed by atoms with E-state index in [1.165, 1.54) is 44.9 Å². The number of pyridine rings is 3. The van der Waals surface area contributed by atoms with Crippen molar-refractivity contribution in [1.29, 1.82) is 0 Å². The number of aryl methyl sites for hydroxylation is 2. The molecule has 6 aromatic heterocycles. The van der Waals surface area contributed by atoms with E-state index in [-0.39, 0.29) is 0 Å². The number of nitrogens with zero attached hydrogens (tertiary/aromatic N) is 8. The largest absolute Gasteiger partial charge is 0.343 e. The fourth-order valence-electron chi connectivity index (χ4n) is 3.92. The molecule has 0 fully saturated rings. The molecular weight excluding hydrogens is 498 g/mol. The van der Waals surface area contributed by atoms with Crippen LogP contribution in [0, 0.1) is 0 Å². The van der Waals surface area contributed by atoms with E-state index >= 15 is 0 Å². The maximum Gasteiger partial charge on any atom is 0.177 e. The minimum atomic E-state index is 0.775. The predicted octanol–water partition coefficient (Wildman–Crippen LogP) is 7.62. The van der Waals surface area contributed by atoms with Gasteiger partial charge in [0.25, 0.3) is 0 Å². The molecule has 0 radical (unpaired) electrons. The van der Waals surface area contributed by atoms with Gasteiger partial charge in [-0.1, -0.05) is 59.8 Å². The lowest BCUT2D eigenvalue weighted by molar-refractivity contribution is 0.642. The highest BCUT2D eigenvalue weighted by Crippen LogP contribution is 2.10. The van der Waals surface area contributed by atoms with Gasteiger partial charge in [-0.25, -0.2) is 29.9 Å². The zero-order valence-corrected chi connectivity index (χ0v) is 24.4. The molecule has 0 aliphatic rings. The van der Waals surface area contributed by atoms with Gasteiger partial charge >= 0.3 is 0 Å². The molecular formula is C31H43N9. The molecule has 0 aliphatic heterocycles. The van der Waals surface area contributed by atoms with Crippen LogP contribution in [0.5, 0.6) is 0 Å². The molecule has 40 heavy (non-hydrogen) atoms. The molecule has 0 aromatic carbocycles. The number of nitrogens with one attached hydrogen (secondary N) is 1. The van der Waals surface area contributed by atoms with Crippen molar-refractivity contribution in [2.45, 2.75) is 85.7 Å². The zero-order valence-electron chi connectivity index (χ0n) is 24.4. The Morgan fingerprint density at radius 3 is 1.93 bits per heavy atom. The first kappa shape index (κ1) is 30.4. The molecule has 0 saturated heterocycles. The summed E-state index contributed by atoms with van der Waals surface area (Å²) in [6, 6.07) is 11.7. The van der Waals surface area contributed by atoms with Crippen LogP contribution >= 0.6 is 0 Å². The van der Waals surface area contributed by atoms with Gasteiger partial charge in [0.15, 0.2) is 16.9 Å². The van der Waals surface area contributed by atoms with Crippen molar-refractivity contribution < 1.29 is 0 Å². The Morgan fingerprint density at radius 1 is 0.600 bits per heavy atom. The van der Waals surface area contributed by atoms with E-state index in [4.69, 9.17) is 0 Å². The van der Waals surface area contributed by atoms with Gasteiger partial charge in [-0.15, -0.1) is 0 Å². The summed E-state index contributed by atoms with van der Waals surface area (Å²) in [6.07, 6.45) is 19.6. The van der Waals surface area contributed by atoms with Crippen molar-refractivity contribution >= 4 is 33.5 Å². The van der Waals surface area contributed by atoms with E-state index < -0.39 is 0 Å². The summed E-state index contributed by atoms with van der Waals surface area (Å²) < 4.78 is 4.27. The van der Waals surface area contributed by atoms with Crippen LogP contribution in [0.4, 0.5) is 0 Å². The van der Waals surface area contributed by atoms with Crippen LogP contribution in [0.1, 0.15) is 72.6 Å². The summed E-state index contributed by atoms with van der Waals surface area (Å²) in [7, 11) is 0. The van der Waals surface area contributed by atoms with Gasteiger partial charge in [-0.3, -0.25) is 0 Å². The lowest BCUT2D eigenvalue weighted by Gasteiger charge is -2.00. The van der Waals surface area contributed by atoms with Crippen molar-refractivity contribution in [3.63, 3.8) is 0 Å². The average molecular weight is 542 g/mol. The summed E-state index contributed by atoms with van der Waals surface area (Å²) >= 11 is 0. The number of aromatic nitrogens is 9. The van der Waals surface area contributed by atoms with Crippen LogP contribution in [0.25, 0.3) is 33.5 Å². The van der Waals surface area contributed by atoms with E-state index in [1.54, 1.807) is 18.7 Å². The third-order valence-electron chi connectivity index (χ3n) is 6.18. The molecule has 0 saturated carbocycles. The second-order valence-corrected chi connectivity index (χ2v) is 9.41. The Labute approximate surface area is 237 Å². The predicted molar refractivity (Wildman–Crippen MR) is 164 cm³/mol. The van der Waals surface area contributed by atoms with E-state index in [9.17, 15) is 0 Å². The highest BCUT2D eigenvalue weighted by molar-refractivity contribution is 5.70. The number of fused-ring (bicyclic) bond motifs is 3. The first-order valence-electron chi connectivity index (χ1n) is 14.5. The molecule has 1 N–H and O–H groups in total. The summed E-state index contributed by atoms with van der Waals surface area (Å²) in [6.45, 7) is 10.9. The number of aromatic amines is 1. The van der Waals surface area contributed by atoms with Crippen molar-refractivity contribution in [2.75, 3.05) is 0 Å². The smallest absolute Gasteiger partial charge is 0.177 e. The molecule has 0 aliphatic carbocycles. The number of imidazole rings is 3. The SMILES string of the molecule is CCCCC.CCCCn1cnc2cccnc21.CCCCn1cnc2ncccc21.c1cnc2nc[nH]c2c1. The summed E-state index contributed by atoms with van der Waals surface area (Å²) in [5.74, 6) is 0. The fourth-order valence-corrected chi connectivity index (χ4v) is 3.92. The van der Waals surface area contributed by atoms with Crippen molar-refractivity contribution in [2.24, 2.45) is 0 Å². The van der Waals surface area contributed by atoms with Crippen LogP contribution in [0.15, 0.2) is 74.0 Å². The molecule has 0 amide bonds. The zero-order chi connectivity index (χ0) is 28.4. The Kier molecular flexibility index (Phi) is 13.3. The number of H-pyrrole nitrogens is 1. The lowest BCUT2D eigenvalue weighted by atomic mass is 10.3. The van der Waals surface area contributed by atoms with Crippen LogP contribution in [0.3, 0.4) is 0 Å². The minimum absolute atomic E-state index is 0.775. The van der Waals surface area contributed by atoms with Gasteiger partial charge in [-0.2, -0.15) is 0 Å². The minimum Gasteiger partial charge on any atom is -0.343 e. The van der Waals surface area contributed by atoms with Crippen molar-refractivity contribution in [1.82, 2.24) is 44.0 Å². The maximum absolute atomic E-state index is 4.29. The van der Waals surface area contributed by atoms with Gasteiger partial charge in [-0.05, 0) is 49.2 Å². The van der Waals surface area contributed by atoms with Gasteiger partial charge in [0.2, 0.25) is 0 Å². The molecule has 212 valence electrons. The van der Waals surface area contributed by atoms with Gasteiger partial charge < -0.3 is 14.1 Å². The number of hydrogen-bond donors (Lipinski definition) is 1. The summed E-state index contributed by atoms with van der Waals surface area (Å²) in [5.41, 5.74) is 5.72. The second-order valence-electron chi connectivity index (χ2n) is 9.41. The van der Waals surface area contributed by atoms with Gasteiger partial charge in [0, 0.05) is 31.7 Å². The fraction of sp³-hybridized carbons (Fsp3) is 0.419. The summed E-state index contributed by atoms with van der Waals surface area (Å²) in [4.78, 5) is 27.9. The van der Waals surface area contributed by atoms with Gasteiger partial charge in [0.1, 0.15) is 5.52 Å². The molecule has 0 atom stereocenters. The van der Waals surface area contributed by atoms with Crippen LogP contribution in [-0.2, 0) is 13.1 Å². The lowest BCUT2D eigenvalue weighted by Crippen LogP contribution is -1.96. The van der Waals surface area contributed by atoms with Gasteiger partial charge in [0.05, 0.1) is 30.0 Å². The molecule has 6 rings (SSSR count). The molecule has 9 heteroatoms. The molecule has 6 heterocycles. The monoisotopic (exact) mass is 541 g/mol. The third kappa shape index (κ3) is 9.25. The Balaban J connectivity index is 0.000000155. The van der Waals surface area contributed by atoms with Crippen LogP contribution in [0.2, 0.25) is 0 Å². The van der Waals surface area contributed by atoms with Crippen molar-refractivity contribution in [3.8, 4) is 0 Å². The number of unbranched alkanes of at least 4 members (excludes halogenated alkanes) is 4. The normalized spacial score (nSPS) is 10.4. The first-order chi connectivity index (χ1) is 19.7. The molecule has 0 spiro atoms. The topological polar surface area (TPSA) is 103 Å². The number of rotatable bonds is 8. The van der Waals surface area contributed by atoms with E-state index in [1.807, 2.05) is 49.2 Å². The Bertz CT molecular complexity index is 1390. The molecule has 6 aromatic rings. The maximum atomic E-state index is 4.29. The third-order valence-corrected chi connectivity index (χ3v) is 6.18. The second kappa shape index (κ2) is 17.4. The standard InChI is InChI=1S/2C10H13N3.C6H5N3.C5H12/c1-2-3-7-13-8-12-10-9(13)5-4-6-11-10;1-2-3-7-13-8-12-9-5-4-6-11-10(9)13;1-2-5-6(7-3-1)9-4-8-5;1-3-5-4-2/h2*4-6,8H,2-3,7H2,1H3;1-4H,(H,7,8,9);3-5H2,1-2H3.